The highest BCUT2D eigenvalue weighted by molar-refractivity contribution is 7.11. The van der Waals surface area contributed by atoms with Crippen LogP contribution >= 0.6 is 11.3 Å². The molecule has 0 saturated carbocycles. The third-order valence-electron chi connectivity index (χ3n) is 2.51. The molecule has 0 unspecified atom stereocenters. The maximum Gasteiger partial charge on any atom is 0.0928 e. The van der Waals surface area contributed by atoms with E-state index in [0.29, 0.717) is 5.92 Å². The molecule has 98 valence electrons. The molecule has 1 aromatic rings. The molecule has 1 heterocycles. The van der Waals surface area contributed by atoms with E-state index in [2.05, 4.69) is 46.9 Å². The summed E-state index contributed by atoms with van der Waals surface area (Å²) in [6, 6.07) is 0. The highest BCUT2D eigenvalue weighted by Crippen LogP contribution is 2.22. The van der Waals surface area contributed by atoms with Crippen molar-refractivity contribution in [3.8, 4) is 0 Å². The highest BCUT2D eigenvalue weighted by Gasteiger charge is 2.14. The number of rotatable bonds is 5. The predicted octanol–water partition coefficient (Wildman–Crippen LogP) is 3.79. The van der Waals surface area contributed by atoms with Crippen LogP contribution in [0.2, 0.25) is 0 Å². The monoisotopic (exact) mass is 254 g/mol. The lowest BCUT2D eigenvalue weighted by atomic mass is 10.1. The minimum absolute atomic E-state index is 0.172. The summed E-state index contributed by atoms with van der Waals surface area (Å²) in [6.07, 6.45) is 2.14. The SMILES string of the molecule is CCc1nc(CC(C)C)c(CNC(C)(C)C)s1. The van der Waals surface area contributed by atoms with E-state index in [0.717, 1.165) is 19.4 Å². The van der Waals surface area contributed by atoms with Crippen LogP contribution in [-0.4, -0.2) is 10.5 Å². The van der Waals surface area contributed by atoms with Gasteiger partial charge in [-0.2, -0.15) is 0 Å². The molecule has 1 N–H and O–H groups in total. The molecule has 0 atom stereocenters. The number of aryl methyl sites for hydroxylation is 1. The highest BCUT2D eigenvalue weighted by atomic mass is 32.1. The van der Waals surface area contributed by atoms with E-state index in [1.165, 1.54) is 15.6 Å². The molecule has 0 aromatic carbocycles. The van der Waals surface area contributed by atoms with Crippen molar-refractivity contribution in [1.29, 1.82) is 0 Å². The molecule has 0 aliphatic rings. The Morgan fingerprint density at radius 2 is 1.94 bits per heavy atom. The molecule has 0 amide bonds. The van der Waals surface area contributed by atoms with Crippen LogP contribution in [0.1, 0.15) is 57.1 Å². The van der Waals surface area contributed by atoms with Crippen molar-refractivity contribution in [2.24, 2.45) is 5.92 Å². The van der Waals surface area contributed by atoms with Gasteiger partial charge in [-0.15, -0.1) is 11.3 Å². The van der Waals surface area contributed by atoms with Gasteiger partial charge in [-0.05, 0) is 39.5 Å². The van der Waals surface area contributed by atoms with Crippen molar-refractivity contribution >= 4 is 11.3 Å². The molecule has 0 bridgehead atoms. The van der Waals surface area contributed by atoms with Gasteiger partial charge in [0, 0.05) is 17.0 Å². The normalized spacial score (nSPS) is 12.4. The van der Waals surface area contributed by atoms with E-state index >= 15 is 0 Å². The largest absolute Gasteiger partial charge is 0.307 e. The average Bonchev–Trinajstić information content (AvgIpc) is 2.55. The van der Waals surface area contributed by atoms with Crippen molar-refractivity contribution in [2.45, 2.75) is 66.5 Å². The number of nitrogens with one attached hydrogen (secondary N) is 1. The molecule has 2 nitrogen and oxygen atoms in total. The van der Waals surface area contributed by atoms with Crippen LogP contribution in [0.5, 0.6) is 0 Å². The van der Waals surface area contributed by atoms with Gasteiger partial charge < -0.3 is 5.32 Å². The first kappa shape index (κ1) is 14.7. The van der Waals surface area contributed by atoms with Gasteiger partial charge in [-0.3, -0.25) is 0 Å². The van der Waals surface area contributed by atoms with Gasteiger partial charge in [0.25, 0.3) is 0 Å². The first-order chi connectivity index (χ1) is 7.81. The van der Waals surface area contributed by atoms with E-state index in [1.807, 2.05) is 11.3 Å². The number of thiazole rings is 1. The summed E-state index contributed by atoms with van der Waals surface area (Å²) in [5, 5.41) is 4.83. The molecule has 1 rings (SSSR count). The van der Waals surface area contributed by atoms with E-state index in [4.69, 9.17) is 4.98 Å². The Kier molecular flexibility index (Phi) is 5.14. The van der Waals surface area contributed by atoms with Crippen LogP contribution < -0.4 is 5.32 Å². The Hall–Kier alpha value is -0.410. The molecule has 0 radical (unpaired) electrons. The standard InChI is InChI=1S/C14H26N2S/c1-7-13-16-11(8-10(2)3)12(17-13)9-15-14(4,5)6/h10,15H,7-9H2,1-6H3. The Morgan fingerprint density at radius 1 is 1.29 bits per heavy atom. The molecule has 0 spiro atoms. The van der Waals surface area contributed by atoms with Crippen molar-refractivity contribution in [2.75, 3.05) is 0 Å². The fourth-order valence-electron chi connectivity index (χ4n) is 1.62. The zero-order valence-corrected chi connectivity index (χ0v) is 12.9. The van der Waals surface area contributed by atoms with Gasteiger partial charge in [0.15, 0.2) is 0 Å². The maximum absolute atomic E-state index is 4.75. The second-order valence-corrected chi connectivity index (χ2v) is 7.20. The number of hydrogen-bond donors (Lipinski definition) is 1. The molecule has 1 aromatic heterocycles. The van der Waals surface area contributed by atoms with Crippen LogP contribution in [0.3, 0.4) is 0 Å². The Balaban J connectivity index is 2.77. The number of nitrogens with zero attached hydrogens (tertiary/aromatic N) is 1. The fourth-order valence-corrected chi connectivity index (χ4v) is 2.59. The lowest BCUT2D eigenvalue weighted by Crippen LogP contribution is -2.35. The lowest BCUT2D eigenvalue weighted by Gasteiger charge is -2.20. The zero-order valence-electron chi connectivity index (χ0n) is 12.1. The fraction of sp³-hybridized carbons (Fsp3) is 0.786. The molecule has 17 heavy (non-hydrogen) atoms. The molecular weight excluding hydrogens is 228 g/mol. The molecule has 3 heteroatoms. The van der Waals surface area contributed by atoms with Gasteiger partial charge in [0.1, 0.15) is 0 Å². The van der Waals surface area contributed by atoms with Crippen molar-refractivity contribution in [3.63, 3.8) is 0 Å². The molecule has 0 aliphatic heterocycles. The summed E-state index contributed by atoms with van der Waals surface area (Å²) in [4.78, 5) is 6.17. The summed E-state index contributed by atoms with van der Waals surface area (Å²) in [5.41, 5.74) is 1.48. The minimum atomic E-state index is 0.172. The number of hydrogen-bond acceptors (Lipinski definition) is 3. The van der Waals surface area contributed by atoms with Gasteiger partial charge in [-0.1, -0.05) is 20.8 Å². The van der Waals surface area contributed by atoms with Crippen molar-refractivity contribution < 1.29 is 0 Å². The Labute approximate surface area is 110 Å². The van der Waals surface area contributed by atoms with E-state index in [9.17, 15) is 0 Å². The molecule has 0 aliphatic carbocycles. The Bertz CT molecular complexity index is 348. The smallest absolute Gasteiger partial charge is 0.0928 e. The Morgan fingerprint density at radius 3 is 2.41 bits per heavy atom. The summed E-state index contributed by atoms with van der Waals surface area (Å²) in [5.74, 6) is 0.676. The van der Waals surface area contributed by atoms with Gasteiger partial charge in [-0.25, -0.2) is 4.98 Å². The first-order valence-corrected chi connectivity index (χ1v) is 7.36. The minimum Gasteiger partial charge on any atom is -0.307 e. The zero-order chi connectivity index (χ0) is 13.1. The number of aromatic nitrogens is 1. The van der Waals surface area contributed by atoms with Crippen LogP contribution in [0, 0.1) is 5.92 Å². The first-order valence-electron chi connectivity index (χ1n) is 6.54. The average molecular weight is 254 g/mol. The van der Waals surface area contributed by atoms with Crippen molar-refractivity contribution in [1.82, 2.24) is 10.3 Å². The van der Waals surface area contributed by atoms with Crippen molar-refractivity contribution in [3.05, 3.63) is 15.6 Å². The van der Waals surface area contributed by atoms with Gasteiger partial charge in [0.2, 0.25) is 0 Å². The van der Waals surface area contributed by atoms with Crippen LogP contribution in [0.4, 0.5) is 0 Å². The van der Waals surface area contributed by atoms with Gasteiger partial charge in [0.05, 0.1) is 10.7 Å². The van der Waals surface area contributed by atoms with Crippen LogP contribution in [0.15, 0.2) is 0 Å². The van der Waals surface area contributed by atoms with E-state index in [1.54, 1.807) is 0 Å². The maximum atomic E-state index is 4.75. The third kappa shape index (κ3) is 5.17. The summed E-state index contributed by atoms with van der Waals surface area (Å²) in [7, 11) is 0. The van der Waals surface area contributed by atoms with Crippen LogP contribution in [-0.2, 0) is 19.4 Å². The molecular formula is C14H26N2S. The second-order valence-electron chi connectivity index (χ2n) is 6.03. The predicted molar refractivity (Wildman–Crippen MR) is 76.6 cm³/mol. The van der Waals surface area contributed by atoms with Gasteiger partial charge >= 0.3 is 0 Å². The van der Waals surface area contributed by atoms with Crippen LogP contribution in [0.25, 0.3) is 0 Å². The van der Waals surface area contributed by atoms with E-state index < -0.39 is 0 Å². The molecule has 0 saturated heterocycles. The third-order valence-corrected chi connectivity index (χ3v) is 3.75. The summed E-state index contributed by atoms with van der Waals surface area (Å²) >= 11 is 1.87. The van der Waals surface area contributed by atoms with E-state index in [-0.39, 0.29) is 5.54 Å². The summed E-state index contributed by atoms with van der Waals surface area (Å²) < 4.78 is 0. The quantitative estimate of drug-likeness (QED) is 0.864. The topological polar surface area (TPSA) is 24.9 Å². The lowest BCUT2D eigenvalue weighted by molar-refractivity contribution is 0.425. The second kappa shape index (κ2) is 5.96. The summed E-state index contributed by atoms with van der Waals surface area (Å²) in [6.45, 7) is 14.3. The molecule has 0 fully saturated rings.